The minimum absolute atomic E-state index is 0.452. The summed E-state index contributed by atoms with van der Waals surface area (Å²) in [5.74, 6) is 0. The molecule has 0 aliphatic carbocycles. The second-order valence-electron chi connectivity index (χ2n) is 2.67. The number of rotatable bonds is 1. The average molecular weight is 181 g/mol. The number of halogens is 1. The van der Waals surface area contributed by atoms with E-state index in [1.807, 2.05) is 24.3 Å². The predicted molar refractivity (Wildman–Crippen MR) is 51.2 cm³/mol. The number of aromatic nitrogens is 1. The van der Waals surface area contributed by atoms with Crippen LogP contribution in [0.5, 0.6) is 0 Å². The van der Waals surface area contributed by atoms with Gasteiger partial charge in [-0.2, -0.15) is 0 Å². The molecule has 0 aliphatic rings. The molecule has 2 nitrogen and oxygen atoms in total. The highest BCUT2D eigenvalue weighted by Gasteiger charge is 2.05. The van der Waals surface area contributed by atoms with E-state index in [1.165, 1.54) is 0 Å². The molecule has 0 amide bonds. The summed E-state index contributed by atoms with van der Waals surface area (Å²) in [6, 6.07) is 7.89. The first-order valence-corrected chi connectivity index (χ1v) is 4.16. The Morgan fingerprint density at radius 3 is 2.75 bits per heavy atom. The fraction of sp³-hybridized carbons (Fsp3) is 0.111. The van der Waals surface area contributed by atoms with Crippen molar-refractivity contribution in [3.8, 4) is 0 Å². The quantitative estimate of drug-likeness (QED) is 0.695. The van der Waals surface area contributed by atoms with Crippen LogP contribution in [0, 0.1) is 0 Å². The number of fused-ring (bicyclic) bond motifs is 1. The summed E-state index contributed by atoms with van der Waals surface area (Å²) in [7, 11) is 0. The van der Waals surface area contributed by atoms with Crippen LogP contribution >= 0.6 is 11.6 Å². The maximum atomic E-state index is 6.05. The van der Waals surface area contributed by atoms with Gasteiger partial charge in [0.15, 0.2) is 0 Å². The summed E-state index contributed by atoms with van der Waals surface area (Å²) in [4.78, 5) is 3.16. The minimum Gasteiger partial charge on any atom is -0.356 e. The van der Waals surface area contributed by atoms with Gasteiger partial charge in [-0.1, -0.05) is 29.8 Å². The molecule has 0 unspecified atom stereocenters. The van der Waals surface area contributed by atoms with E-state index in [-0.39, 0.29) is 0 Å². The zero-order valence-electron chi connectivity index (χ0n) is 6.47. The highest BCUT2D eigenvalue weighted by molar-refractivity contribution is 6.36. The van der Waals surface area contributed by atoms with Gasteiger partial charge in [0.25, 0.3) is 0 Å². The Morgan fingerprint density at radius 2 is 2.08 bits per heavy atom. The molecule has 0 atom stereocenters. The summed E-state index contributed by atoms with van der Waals surface area (Å²) in [6.07, 6.45) is 0. The summed E-state index contributed by atoms with van der Waals surface area (Å²) < 4.78 is 0. The smallest absolute Gasteiger partial charge is 0.0705 e. The maximum Gasteiger partial charge on any atom is 0.0705 e. The molecule has 3 heteroatoms. The molecule has 0 saturated heterocycles. The largest absolute Gasteiger partial charge is 0.356 e. The minimum atomic E-state index is 0.452. The summed E-state index contributed by atoms with van der Waals surface area (Å²) in [5.41, 5.74) is 7.44. The van der Waals surface area contributed by atoms with Crippen molar-refractivity contribution in [2.45, 2.75) is 6.54 Å². The second kappa shape index (κ2) is 2.81. The molecule has 0 radical (unpaired) electrons. The van der Waals surface area contributed by atoms with Gasteiger partial charge in [0.05, 0.1) is 5.02 Å². The summed E-state index contributed by atoms with van der Waals surface area (Å²) >= 11 is 6.05. The fourth-order valence-electron chi connectivity index (χ4n) is 1.30. The van der Waals surface area contributed by atoms with E-state index in [9.17, 15) is 0 Å². The van der Waals surface area contributed by atoms with Crippen molar-refractivity contribution >= 4 is 22.5 Å². The van der Waals surface area contributed by atoms with Crippen LogP contribution in [0.1, 0.15) is 5.69 Å². The molecule has 0 aliphatic heterocycles. The fourth-order valence-corrected chi connectivity index (χ4v) is 1.59. The van der Waals surface area contributed by atoms with Crippen LogP contribution in [0.2, 0.25) is 5.02 Å². The van der Waals surface area contributed by atoms with E-state index in [1.54, 1.807) is 0 Å². The molecule has 1 aromatic carbocycles. The summed E-state index contributed by atoms with van der Waals surface area (Å²) in [6.45, 7) is 0.452. The van der Waals surface area contributed by atoms with E-state index in [2.05, 4.69) is 4.98 Å². The lowest BCUT2D eigenvalue weighted by atomic mass is 10.2. The Bertz CT molecular complexity index is 406. The molecule has 0 bridgehead atoms. The van der Waals surface area contributed by atoms with Gasteiger partial charge < -0.3 is 10.7 Å². The molecule has 1 aromatic heterocycles. The number of para-hydroxylation sites is 1. The molecule has 2 aromatic rings. The van der Waals surface area contributed by atoms with Gasteiger partial charge in [-0.3, -0.25) is 0 Å². The number of H-pyrrole nitrogens is 1. The van der Waals surface area contributed by atoms with Crippen molar-refractivity contribution < 1.29 is 0 Å². The number of hydrogen-bond donors (Lipinski definition) is 2. The van der Waals surface area contributed by atoms with Gasteiger partial charge in [-0.15, -0.1) is 0 Å². The number of benzene rings is 1. The first-order chi connectivity index (χ1) is 5.83. The molecule has 62 valence electrons. The van der Waals surface area contributed by atoms with E-state index in [0.29, 0.717) is 6.54 Å². The highest BCUT2D eigenvalue weighted by atomic mass is 35.5. The molecular weight excluding hydrogens is 172 g/mol. The third kappa shape index (κ3) is 1.00. The number of nitrogens with one attached hydrogen (secondary N) is 1. The normalized spacial score (nSPS) is 10.8. The van der Waals surface area contributed by atoms with Gasteiger partial charge in [0, 0.05) is 23.1 Å². The van der Waals surface area contributed by atoms with Crippen molar-refractivity contribution in [3.63, 3.8) is 0 Å². The van der Waals surface area contributed by atoms with Crippen LogP contribution in [-0.4, -0.2) is 4.98 Å². The Balaban J connectivity index is 2.78. The van der Waals surface area contributed by atoms with Crippen LogP contribution in [0.4, 0.5) is 0 Å². The lowest BCUT2D eigenvalue weighted by molar-refractivity contribution is 1.02. The first kappa shape index (κ1) is 7.65. The molecule has 12 heavy (non-hydrogen) atoms. The molecule has 0 spiro atoms. The van der Waals surface area contributed by atoms with E-state index in [0.717, 1.165) is 21.6 Å². The van der Waals surface area contributed by atoms with E-state index in [4.69, 9.17) is 17.3 Å². The Kier molecular flexibility index (Phi) is 1.79. The lowest BCUT2D eigenvalue weighted by Gasteiger charge is -1.89. The first-order valence-electron chi connectivity index (χ1n) is 3.78. The average Bonchev–Trinajstić information content (AvgIpc) is 2.44. The number of nitrogens with two attached hydrogens (primary N) is 1. The van der Waals surface area contributed by atoms with Gasteiger partial charge in [-0.05, 0) is 6.07 Å². The second-order valence-corrected chi connectivity index (χ2v) is 3.05. The van der Waals surface area contributed by atoms with Crippen molar-refractivity contribution in [2.24, 2.45) is 5.73 Å². The Labute approximate surface area is 75.3 Å². The monoisotopic (exact) mass is 180 g/mol. The lowest BCUT2D eigenvalue weighted by Crippen LogP contribution is -1.96. The number of aromatic amines is 1. The summed E-state index contributed by atoms with van der Waals surface area (Å²) in [5, 5.41) is 1.78. The van der Waals surface area contributed by atoms with Crippen LogP contribution in [-0.2, 0) is 6.54 Å². The van der Waals surface area contributed by atoms with Gasteiger partial charge in [0.1, 0.15) is 0 Å². The molecule has 0 fully saturated rings. The van der Waals surface area contributed by atoms with Crippen LogP contribution in [0.25, 0.3) is 10.9 Å². The molecule has 1 heterocycles. The Morgan fingerprint density at radius 1 is 1.33 bits per heavy atom. The van der Waals surface area contributed by atoms with E-state index < -0.39 is 0 Å². The standard InChI is InChI=1S/C9H9ClN2/c10-9-6-3-1-2-4-7(6)12-8(9)5-11/h1-4,12H,5,11H2. The van der Waals surface area contributed by atoms with Gasteiger partial charge >= 0.3 is 0 Å². The van der Waals surface area contributed by atoms with Gasteiger partial charge in [-0.25, -0.2) is 0 Å². The Hall–Kier alpha value is -0.990. The maximum absolute atomic E-state index is 6.05. The number of hydrogen-bond acceptors (Lipinski definition) is 1. The van der Waals surface area contributed by atoms with Crippen molar-refractivity contribution in [1.29, 1.82) is 0 Å². The molecule has 0 saturated carbocycles. The zero-order valence-corrected chi connectivity index (χ0v) is 7.23. The van der Waals surface area contributed by atoms with Crippen molar-refractivity contribution in [3.05, 3.63) is 35.0 Å². The molecular formula is C9H9ClN2. The van der Waals surface area contributed by atoms with Gasteiger partial charge in [0.2, 0.25) is 0 Å². The topological polar surface area (TPSA) is 41.8 Å². The van der Waals surface area contributed by atoms with Crippen molar-refractivity contribution in [1.82, 2.24) is 4.98 Å². The molecule has 3 N–H and O–H groups in total. The molecule has 2 rings (SSSR count). The van der Waals surface area contributed by atoms with E-state index >= 15 is 0 Å². The SMILES string of the molecule is NCc1[nH]c2ccccc2c1Cl. The third-order valence-electron chi connectivity index (χ3n) is 1.92. The zero-order chi connectivity index (χ0) is 8.55. The van der Waals surface area contributed by atoms with Crippen LogP contribution < -0.4 is 5.73 Å². The predicted octanol–water partition coefficient (Wildman–Crippen LogP) is 2.28. The van der Waals surface area contributed by atoms with Crippen LogP contribution in [0.15, 0.2) is 24.3 Å². The third-order valence-corrected chi connectivity index (χ3v) is 2.35. The van der Waals surface area contributed by atoms with Crippen molar-refractivity contribution in [2.75, 3.05) is 0 Å². The highest BCUT2D eigenvalue weighted by Crippen LogP contribution is 2.26. The van der Waals surface area contributed by atoms with Crippen LogP contribution in [0.3, 0.4) is 0 Å².